The Kier molecular flexibility index (Phi) is 5.11. The third kappa shape index (κ3) is 3.68. The first-order valence-corrected chi connectivity index (χ1v) is 9.16. The lowest BCUT2D eigenvalue weighted by Crippen LogP contribution is -2.16. The summed E-state index contributed by atoms with van der Waals surface area (Å²) in [6, 6.07) is 5.59. The van der Waals surface area contributed by atoms with Crippen LogP contribution in [0.4, 0.5) is 0 Å². The first-order valence-electron chi connectivity index (χ1n) is 6.80. The average molecular weight is 331 g/mol. The van der Waals surface area contributed by atoms with Gasteiger partial charge in [0.2, 0.25) is 0 Å². The van der Waals surface area contributed by atoms with Crippen molar-refractivity contribution in [3.05, 3.63) is 24.0 Å². The number of nitrogens with zero attached hydrogens (tertiary/aromatic N) is 2. The molecule has 5 nitrogen and oxygen atoms in total. The van der Waals surface area contributed by atoms with Crippen LogP contribution in [0.5, 0.6) is 5.75 Å². The molecule has 0 aliphatic rings. The Balaban J connectivity index is 2.43. The second-order valence-corrected chi connectivity index (χ2v) is 7.56. The molecule has 0 spiro atoms. The molecule has 0 saturated heterocycles. The summed E-state index contributed by atoms with van der Waals surface area (Å²) in [4.78, 5) is 4.53. The topological polar surface area (TPSA) is 61.2 Å². The molecule has 116 valence electrons. The predicted molar refractivity (Wildman–Crippen MR) is 85.0 cm³/mol. The third-order valence-electron chi connectivity index (χ3n) is 3.42. The first kappa shape index (κ1) is 16.1. The van der Waals surface area contributed by atoms with E-state index in [2.05, 4.69) is 4.98 Å². The van der Waals surface area contributed by atoms with Gasteiger partial charge in [-0.3, -0.25) is 0 Å². The van der Waals surface area contributed by atoms with Gasteiger partial charge in [-0.1, -0.05) is 6.92 Å². The van der Waals surface area contributed by atoms with Crippen molar-refractivity contribution in [2.45, 2.75) is 19.9 Å². The van der Waals surface area contributed by atoms with Gasteiger partial charge < -0.3 is 9.30 Å². The summed E-state index contributed by atoms with van der Waals surface area (Å²) >= 11 is 5.82. The predicted octanol–water partition coefficient (Wildman–Crippen LogP) is 2.26. The summed E-state index contributed by atoms with van der Waals surface area (Å²) in [6.45, 7) is 2.04. The van der Waals surface area contributed by atoms with Crippen LogP contribution in [0.1, 0.15) is 12.7 Å². The summed E-state index contributed by atoms with van der Waals surface area (Å²) < 4.78 is 30.6. The van der Waals surface area contributed by atoms with Gasteiger partial charge >= 0.3 is 0 Å². The largest absolute Gasteiger partial charge is 0.497 e. The zero-order valence-corrected chi connectivity index (χ0v) is 13.7. The molecule has 0 amide bonds. The summed E-state index contributed by atoms with van der Waals surface area (Å²) in [7, 11) is -1.42. The van der Waals surface area contributed by atoms with Gasteiger partial charge in [0.25, 0.3) is 0 Å². The molecule has 0 aliphatic carbocycles. The number of ether oxygens (including phenoxy) is 1. The molecule has 0 N–H and O–H groups in total. The van der Waals surface area contributed by atoms with Crippen LogP contribution in [0.2, 0.25) is 0 Å². The zero-order chi connectivity index (χ0) is 15.5. The molecule has 0 unspecified atom stereocenters. The van der Waals surface area contributed by atoms with Crippen LogP contribution < -0.4 is 4.74 Å². The molecule has 0 saturated carbocycles. The van der Waals surface area contributed by atoms with E-state index in [0.717, 1.165) is 22.6 Å². The Labute approximate surface area is 129 Å². The summed E-state index contributed by atoms with van der Waals surface area (Å²) in [5.41, 5.74) is 1.70. The number of sulfone groups is 1. The number of hydrogen-bond acceptors (Lipinski definition) is 4. The van der Waals surface area contributed by atoms with Crippen molar-refractivity contribution in [3.8, 4) is 5.75 Å². The minimum atomic E-state index is -3.02. The maximum absolute atomic E-state index is 11.7. The number of aryl methyl sites for hydroxylation is 2. The van der Waals surface area contributed by atoms with Crippen LogP contribution in [0.15, 0.2) is 18.2 Å². The first-order chi connectivity index (χ1) is 10.0. The Morgan fingerprint density at radius 3 is 2.76 bits per heavy atom. The summed E-state index contributed by atoms with van der Waals surface area (Å²) in [5, 5.41) is 0. The van der Waals surface area contributed by atoms with Crippen LogP contribution in [-0.4, -0.2) is 42.5 Å². The second kappa shape index (κ2) is 6.66. The molecule has 0 radical (unpaired) electrons. The smallest absolute Gasteiger partial charge is 0.151 e. The average Bonchev–Trinajstić information content (AvgIpc) is 2.82. The molecule has 2 aromatic rings. The van der Waals surface area contributed by atoms with Gasteiger partial charge in [-0.2, -0.15) is 0 Å². The quantitative estimate of drug-likeness (QED) is 0.731. The molecule has 21 heavy (non-hydrogen) atoms. The van der Waals surface area contributed by atoms with Gasteiger partial charge in [-0.25, -0.2) is 13.4 Å². The monoisotopic (exact) mass is 330 g/mol. The van der Waals surface area contributed by atoms with E-state index in [0.29, 0.717) is 18.8 Å². The Hall–Kier alpha value is -1.27. The van der Waals surface area contributed by atoms with Gasteiger partial charge in [-0.15, -0.1) is 11.6 Å². The fourth-order valence-electron chi connectivity index (χ4n) is 2.18. The minimum Gasteiger partial charge on any atom is -0.497 e. The number of hydrogen-bond donors (Lipinski definition) is 0. The molecule has 0 fully saturated rings. The van der Waals surface area contributed by atoms with Gasteiger partial charge in [0.05, 0.1) is 23.9 Å². The standard InChI is InChI=1S/C14H19ClN2O3S/c1-3-21(18,19)9-8-17-13-10-11(20-2)4-5-12(13)16-14(17)6-7-15/h4-5,10H,3,6-9H2,1-2H3. The Morgan fingerprint density at radius 1 is 1.38 bits per heavy atom. The molecule has 7 heteroatoms. The molecule has 0 bridgehead atoms. The van der Waals surface area contributed by atoms with E-state index in [1.807, 2.05) is 22.8 Å². The molecule has 1 aromatic heterocycles. The highest BCUT2D eigenvalue weighted by molar-refractivity contribution is 7.91. The van der Waals surface area contributed by atoms with E-state index < -0.39 is 9.84 Å². The van der Waals surface area contributed by atoms with Crippen molar-refractivity contribution < 1.29 is 13.2 Å². The molecule has 2 rings (SSSR count). The number of alkyl halides is 1. The number of methoxy groups -OCH3 is 1. The summed E-state index contributed by atoms with van der Waals surface area (Å²) in [5.74, 6) is 2.22. The number of halogens is 1. The van der Waals surface area contributed by atoms with Gasteiger partial charge in [0.1, 0.15) is 11.6 Å². The van der Waals surface area contributed by atoms with Crippen LogP contribution >= 0.6 is 11.6 Å². The van der Waals surface area contributed by atoms with Crippen molar-refractivity contribution in [2.24, 2.45) is 0 Å². The highest BCUT2D eigenvalue weighted by atomic mass is 35.5. The SMILES string of the molecule is CCS(=O)(=O)CCn1c(CCCl)nc2ccc(OC)cc21. The minimum absolute atomic E-state index is 0.0987. The van der Waals surface area contributed by atoms with Gasteiger partial charge in [0.15, 0.2) is 9.84 Å². The lowest BCUT2D eigenvalue weighted by molar-refractivity contribution is 0.415. The van der Waals surface area contributed by atoms with E-state index in [-0.39, 0.29) is 11.5 Å². The normalized spacial score (nSPS) is 12.0. The number of fused-ring (bicyclic) bond motifs is 1. The highest BCUT2D eigenvalue weighted by Gasteiger charge is 2.14. The van der Waals surface area contributed by atoms with Crippen molar-refractivity contribution in [1.82, 2.24) is 9.55 Å². The third-order valence-corrected chi connectivity index (χ3v) is 5.29. The fraction of sp³-hybridized carbons (Fsp3) is 0.500. The molecule has 0 aliphatic heterocycles. The van der Waals surface area contributed by atoms with Crippen molar-refractivity contribution >= 4 is 32.5 Å². The van der Waals surface area contributed by atoms with E-state index in [9.17, 15) is 8.42 Å². The van der Waals surface area contributed by atoms with E-state index in [1.54, 1.807) is 14.0 Å². The zero-order valence-electron chi connectivity index (χ0n) is 12.2. The van der Waals surface area contributed by atoms with Crippen molar-refractivity contribution in [1.29, 1.82) is 0 Å². The Morgan fingerprint density at radius 2 is 2.14 bits per heavy atom. The van der Waals surface area contributed by atoms with Crippen LogP contribution in [-0.2, 0) is 22.8 Å². The number of rotatable bonds is 7. The molecular formula is C14H19ClN2O3S. The fourth-order valence-corrected chi connectivity index (χ4v) is 3.10. The van der Waals surface area contributed by atoms with Crippen LogP contribution in [0.3, 0.4) is 0 Å². The molecular weight excluding hydrogens is 312 g/mol. The van der Waals surface area contributed by atoms with E-state index in [4.69, 9.17) is 16.3 Å². The van der Waals surface area contributed by atoms with Crippen LogP contribution in [0.25, 0.3) is 11.0 Å². The lowest BCUT2D eigenvalue weighted by Gasteiger charge is -2.09. The molecule has 1 heterocycles. The van der Waals surface area contributed by atoms with Gasteiger partial charge in [-0.05, 0) is 12.1 Å². The molecule has 0 atom stereocenters. The number of imidazole rings is 1. The number of aromatic nitrogens is 2. The highest BCUT2D eigenvalue weighted by Crippen LogP contribution is 2.22. The van der Waals surface area contributed by atoms with E-state index >= 15 is 0 Å². The summed E-state index contributed by atoms with van der Waals surface area (Å²) in [6.07, 6.45) is 0.602. The maximum Gasteiger partial charge on any atom is 0.151 e. The number of benzene rings is 1. The van der Waals surface area contributed by atoms with Crippen molar-refractivity contribution in [2.75, 3.05) is 24.5 Å². The molecule has 1 aromatic carbocycles. The van der Waals surface area contributed by atoms with Gasteiger partial charge in [0, 0.05) is 30.7 Å². The Bertz CT molecular complexity index is 725. The maximum atomic E-state index is 11.7. The lowest BCUT2D eigenvalue weighted by atomic mass is 10.3. The van der Waals surface area contributed by atoms with Crippen LogP contribution in [0, 0.1) is 0 Å². The van der Waals surface area contributed by atoms with E-state index in [1.165, 1.54) is 0 Å². The second-order valence-electron chi connectivity index (χ2n) is 4.71. The van der Waals surface area contributed by atoms with Crippen molar-refractivity contribution in [3.63, 3.8) is 0 Å².